The van der Waals surface area contributed by atoms with E-state index in [2.05, 4.69) is 10.6 Å². The number of carbonyl (C=O) groups excluding carboxylic acids is 2. The van der Waals surface area contributed by atoms with Crippen LogP contribution in [0.3, 0.4) is 0 Å². The quantitative estimate of drug-likeness (QED) is 0.717. The topological polar surface area (TPSA) is 78.4 Å². The molecule has 0 saturated heterocycles. The van der Waals surface area contributed by atoms with Crippen molar-refractivity contribution in [3.05, 3.63) is 35.4 Å². The Morgan fingerprint density at radius 2 is 1.68 bits per heavy atom. The zero-order valence-electron chi connectivity index (χ0n) is 13.1. The lowest BCUT2D eigenvalue weighted by Crippen LogP contribution is -2.29. The maximum Gasteiger partial charge on any atom is 0.251 e. The first-order valence-electron chi connectivity index (χ1n) is 7.83. The van der Waals surface area contributed by atoms with Crippen LogP contribution in [0.1, 0.15) is 53.8 Å². The number of aliphatic hydroxyl groups is 1. The van der Waals surface area contributed by atoms with Gasteiger partial charge in [0.2, 0.25) is 0 Å². The summed E-state index contributed by atoms with van der Waals surface area (Å²) in [5, 5.41) is 15.1. The van der Waals surface area contributed by atoms with E-state index in [-0.39, 0.29) is 23.8 Å². The molecule has 0 aliphatic heterocycles. The fourth-order valence-electron chi connectivity index (χ4n) is 2.30. The minimum Gasteiger partial charge on any atom is -0.393 e. The molecule has 0 aromatic heterocycles. The molecule has 0 heterocycles. The summed E-state index contributed by atoms with van der Waals surface area (Å²) >= 11 is 0. The van der Waals surface area contributed by atoms with Gasteiger partial charge in [-0.05, 0) is 56.4 Å². The molecule has 5 heteroatoms. The highest BCUT2D eigenvalue weighted by Crippen LogP contribution is 2.19. The van der Waals surface area contributed by atoms with Crippen molar-refractivity contribution in [2.24, 2.45) is 5.92 Å². The Bertz CT molecular complexity index is 521. The molecule has 1 aromatic carbocycles. The summed E-state index contributed by atoms with van der Waals surface area (Å²) in [5.41, 5.74) is 1.11. The smallest absolute Gasteiger partial charge is 0.251 e. The van der Waals surface area contributed by atoms with E-state index in [4.69, 9.17) is 0 Å². The highest BCUT2D eigenvalue weighted by atomic mass is 16.3. The summed E-state index contributed by atoms with van der Waals surface area (Å²) in [6.45, 7) is 4.25. The first-order valence-corrected chi connectivity index (χ1v) is 7.83. The van der Waals surface area contributed by atoms with Crippen molar-refractivity contribution in [1.82, 2.24) is 10.6 Å². The largest absolute Gasteiger partial charge is 0.393 e. The molecule has 2 unspecified atom stereocenters. The SMILES string of the molecule is CC(O)CC(C)CNC(=O)c1ccc(C(=O)NC2CC2)cc1. The molecule has 5 nitrogen and oxygen atoms in total. The second-order valence-corrected chi connectivity index (χ2v) is 6.23. The van der Waals surface area contributed by atoms with Gasteiger partial charge in [-0.15, -0.1) is 0 Å². The van der Waals surface area contributed by atoms with E-state index in [0.29, 0.717) is 30.1 Å². The van der Waals surface area contributed by atoms with Crippen LogP contribution < -0.4 is 10.6 Å². The molecule has 0 radical (unpaired) electrons. The lowest BCUT2D eigenvalue weighted by Gasteiger charge is -2.14. The van der Waals surface area contributed by atoms with E-state index in [1.54, 1.807) is 31.2 Å². The number of nitrogens with one attached hydrogen (secondary N) is 2. The van der Waals surface area contributed by atoms with Gasteiger partial charge in [-0.1, -0.05) is 6.92 Å². The van der Waals surface area contributed by atoms with Crippen molar-refractivity contribution in [1.29, 1.82) is 0 Å². The first kappa shape index (κ1) is 16.5. The van der Waals surface area contributed by atoms with E-state index in [0.717, 1.165) is 12.8 Å². The van der Waals surface area contributed by atoms with Crippen molar-refractivity contribution in [2.45, 2.75) is 45.3 Å². The Balaban J connectivity index is 1.83. The molecule has 0 spiro atoms. The molecule has 1 saturated carbocycles. The van der Waals surface area contributed by atoms with Crippen LogP contribution in [0.4, 0.5) is 0 Å². The molecule has 2 amide bonds. The minimum absolute atomic E-state index is 0.0833. The number of hydrogen-bond donors (Lipinski definition) is 3. The molecular formula is C17H24N2O3. The van der Waals surface area contributed by atoms with Crippen LogP contribution >= 0.6 is 0 Å². The van der Waals surface area contributed by atoms with Gasteiger partial charge in [0.1, 0.15) is 0 Å². The van der Waals surface area contributed by atoms with E-state index >= 15 is 0 Å². The van der Waals surface area contributed by atoms with E-state index in [9.17, 15) is 14.7 Å². The Morgan fingerprint density at radius 1 is 1.14 bits per heavy atom. The fraction of sp³-hybridized carbons (Fsp3) is 0.529. The maximum absolute atomic E-state index is 12.0. The van der Waals surface area contributed by atoms with Gasteiger partial charge in [-0.25, -0.2) is 0 Å². The molecule has 1 fully saturated rings. The highest BCUT2D eigenvalue weighted by molar-refractivity contribution is 5.97. The molecular weight excluding hydrogens is 280 g/mol. The molecule has 1 aliphatic rings. The summed E-state index contributed by atoms with van der Waals surface area (Å²) in [5.74, 6) is -0.0286. The molecule has 2 atom stereocenters. The average molecular weight is 304 g/mol. The van der Waals surface area contributed by atoms with Gasteiger partial charge < -0.3 is 15.7 Å². The average Bonchev–Trinajstić information content (AvgIpc) is 3.28. The lowest BCUT2D eigenvalue weighted by molar-refractivity contribution is 0.0932. The third kappa shape index (κ3) is 5.15. The number of benzene rings is 1. The highest BCUT2D eigenvalue weighted by Gasteiger charge is 2.23. The Kier molecular flexibility index (Phi) is 5.55. The normalized spacial score (nSPS) is 16.7. The van der Waals surface area contributed by atoms with Crippen molar-refractivity contribution < 1.29 is 14.7 Å². The molecule has 0 bridgehead atoms. The third-order valence-electron chi connectivity index (χ3n) is 3.68. The van der Waals surface area contributed by atoms with Gasteiger partial charge in [-0.2, -0.15) is 0 Å². The summed E-state index contributed by atoms with van der Waals surface area (Å²) in [6.07, 6.45) is 2.39. The fourth-order valence-corrected chi connectivity index (χ4v) is 2.30. The van der Waals surface area contributed by atoms with Gasteiger partial charge in [0.25, 0.3) is 11.8 Å². The van der Waals surface area contributed by atoms with Crippen LogP contribution in [-0.4, -0.2) is 35.6 Å². The Labute approximate surface area is 131 Å². The van der Waals surface area contributed by atoms with Crippen molar-refractivity contribution in [2.75, 3.05) is 6.54 Å². The standard InChI is InChI=1S/C17H24N2O3/c1-11(9-12(2)20)10-18-16(21)13-3-5-14(6-4-13)17(22)19-15-7-8-15/h3-6,11-12,15,20H,7-10H2,1-2H3,(H,18,21)(H,19,22). The van der Waals surface area contributed by atoms with Crippen LogP contribution in [0, 0.1) is 5.92 Å². The number of amides is 2. The second kappa shape index (κ2) is 7.40. The first-order chi connectivity index (χ1) is 10.5. The van der Waals surface area contributed by atoms with Crippen LogP contribution in [0.15, 0.2) is 24.3 Å². The lowest BCUT2D eigenvalue weighted by atomic mass is 10.0. The maximum atomic E-state index is 12.0. The van der Waals surface area contributed by atoms with Gasteiger partial charge in [0.15, 0.2) is 0 Å². The van der Waals surface area contributed by atoms with Gasteiger partial charge in [-0.3, -0.25) is 9.59 Å². The monoisotopic (exact) mass is 304 g/mol. The zero-order chi connectivity index (χ0) is 16.1. The van der Waals surface area contributed by atoms with Crippen LogP contribution in [0.25, 0.3) is 0 Å². The summed E-state index contributed by atoms with van der Waals surface area (Å²) in [6, 6.07) is 7.00. The number of carbonyl (C=O) groups is 2. The third-order valence-corrected chi connectivity index (χ3v) is 3.68. The van der Waals surface area contributed by atoms with Crippen molar-refractivity contribution in [3.63, 3.8) is 0 Å². The van der Waals surface area contributed by atoms with Gasteiger partial charge >= 0.3 is 0 Å². The summed E-state index contributed by atoms with van der Waals surface area (Å²) in [7, 11) is 0. The molecule has 1 aliphatic carbocycles. The Morgan fingerprint density at radius 3 is 2.18 bits per heavy atom. The molecule has 1 aromatic rings. The van der Waals surface area contributed by atoms with Crippen LogP contribution in [-0.2, 0) is 0 Å². The van der Waals surface area contributed by atoms with Gasteiger partial charge in [0, 0.05) is 23.7 Å². The predicted octanol–water partition coefficient (Wildman–Crippen LogP) is 1.72. The van der Waals surface area contributed by atoms with Crippen molar-refractivity contribution >= 4 is 11.8 Å². The minimum atomic E-state index is -0.365. The van der Waals surface area contributed by atoms with Gasteiger partial charge in [0.05, 0.1) is 6.10 Å². The Hall–Kier alpha value is -1.88. The summed E-state index contributed by atoms with van der Waals surface area (Å²) < 4.78 is 0. The van der Waals surface area contributed by atoms with E-state index in [1.807, 2.05) is 6.92 Å². The number of rotatable bonds is 7. The molecule has 22 heavy (non-hydrogen) atoms. The second-order valence-electron chi connectivity index (χ2n) is 6.23. The molecule has 120 valence electrons. The number of aliphatic hydroxyl groups excluding tert-OH is 1. The van der Waals surface area contributed by atoms with E-state index < -0.39 is 0 Å². The van der Waals surface area contributed by atoms with Crippen molar-refractivity contribution in [3.8, 4) is 0 Å². The van der Waals surface area contributed by atoms with Crippen LogP contribution in [0.5, 0.6) is 0 Å². The molecule has 3 N–H and O–H groups in total. The predicted molar refractivity (Wildman–Crippen MR) is 84.7 cm³/mol. The molecule has 2 rings (SSSR count). The number of hydrogen-bond acceptors (Lipinski definition) is 3. The van der Waals surface area contributed by atoms with E-state index in [1.165, 1.54) is 0 Å². The zero-order valence-corrected chi connectivity index (χ0v) is 13.1. The van der Waals surface area contributed by atoms with Crippen LogP contribution in [0.2, 0.25) is 0 Å². The summed E-state index contributed by atoms with van der Waals surface area (Å²) in [4.78, 5) is 23.9.